The normalized spacial score (nSPS) is 13.6. The predicted molar refractivity (Wildman–Crippen MR) is 65.4 cm³/mol. The van der Waals surface area contributed by atoms with Gasteiger partial charge in [-0.05, 0) is 24.0 Å². The van der Waals surface area contributed by atoms with Crippen LogP contribution < -0.4 is 5.32 Å². The number of hydrogen-bond donors (Lipinski definition) is 2. The molecule has 0 atom stereocenters. The van der Waals surface area contributed by atoms with Crippen molar-refractivity contribution in [2.45, 2.75) is 25.9 Å². The monoisotopic (exact) mass is 234 g/mol. The van der Waals surface area contributed by atoms with Gasteiger partial charge in [-0.15, -0.1) is 0 Å². The molecule has 0 saturated heterocycles. The van der Waals surface area contributed by atoms with Gasteiger partial charge in [-0.2, -0.15) is 0 Å². The zero-order valence-electron chi connectivity index (χ0n) is 9.85. The van der Waals surface area contributed by atoms with Gasteiger partial charge < -0.3 is 15.3 Å². The number of benzene rings is 1. The van der Waals surface area contributed by atoms with Crippen molar-refractivity contribution in [3.8, 4) is 0 Å². The summed E-state index contributed by atoms with van der Waals surface area (Å²) in [6, 6.07) is 8.12. The summed E-state index contributed by atoms with van der Waals surface area (Å²) in [7, 11) is 0. The Labute approximate surface area is 101 Å². The number of carbonyl (C=O) groups is 1. The van der Waals surface area contributed by atoms with Crippen LogP contribution in [0.3, 0.4) is 0 Å². The number of nitrogens with zero attached hydrogens (tertiary/aromatic N) is 1. The maximum Gasteiger partial charge on any atom is 0.318 e. The molecule has 1 aliphatic rings. The van der Waals surface area contributed by atoms with Crippen LogP contribution in [0.15, 0.2) is 24.3 Å². The molecule has 0 saturated carbocycles. The Kier molecular flexibility index (Phi) is 3.98. The van der Waals surface area contributed by atoms with Crippen LogP contribution in [0.2, 0.25) is 0 Å². The highest BCUT2D eigenvalue weighted by atomic mass is 16.3. The first-order valence-electron chi connectivity index (χ1n) is 6.01. The molecule has 17 heavy (non-hydrogen) atoms. The Morgan fingerprint density at radius 2 is 1.88 bits per heavy atom. The molecule has 0 unspecified atom stereocenters. The Balaban J connectivity index is 1.80. The highest BCUT2D eigenvalue weighted by Crippen LogP contribution is 2.21. The fraction of sp³-hybridized carbons (Fsp3) is 0.462. The van der Waals surface area contributed by atoms with Gasteiger partial charge in [0.2, 0.25) is 0 Å². The summed E-state index contributed by atoms with van der Waals surface area (Å²) in [5.41, 5.74) is 2.47. The second-order valence-corrected chi connectivity index (χ2v) is 4.29. The largest absolute Gasteiger partial charge is 0.396 e. The third-order valence-electron chi connectivity index (χ3n) is 2.99. The average molecular weight is 234 g/mol. The van der Waals surface area contributed by atoms with Gasteiger partial charge in [-0.25, -0.2) is 4.79 Å². The molecule has 0 aliphatic carbocycles. The standard InChI is InChI=1S/C13H18N2O2/c16-8-4-3-7-14-13(17)15-9-11-5-1-2-6-12(11)10-15/h1-2,5-6,16H,3-4,7-10H2,(H,14,17). The number of rotatable bonds is 4. The minimum absolute atomic E-state index is 0.0147. The van der Waals surface area contributed by atoms with Crippen molar-refractivity contribution in [3.63, 3.8) is 0 Å². The number of aliphatic hydroxyl groups is 1. The van der Waals surface area contributed by atoms with E-state index in [1.54, 1.807) is 0 Å². The lowest BCUT2D eigenvalue weighted by molar-refractivity contribution is 0.197. The number of aliphatic hydroxyl groups excluding tert-OH is 1. The molecule has 1 aromatic carbocycles. The molecule has 2 N–H and O–H groups in total. The first-order valence-corrected chi connectivity index (χ1v) is 6.01. The summed E-state index contributed by atoms with van der Waals surface area (Å²) in [5, 5.41) is 11.5. The molecule has 0 radical (unpaired) electrons. The predicted octanol–water partition coefficient (Wildman–Crippen LogP) is 1.48. The van der Waals surface area contributed by atoms with E-state index >= 15 is 0 Å². The molecule has 0 fully saturated rings. The van der Waals surface area contributed by atoms with Gasteiger partial charge in [0.05, 0.1) is 0 Å². The van der Waals surface area contributed by atoms with Gasteiger partial charge in [0.25, 0.3) is 0 Å². The summed E-state index contributed by atoms with van der Waals surface area (Å²) in [4.78, 5) is 13.6. The summed E-state index contributed by atoms with van der Waals surface area (Å²) in [6.07, 6.45) is 1.56. The van der Waals surface area contributed by atoms with Crippen molar-refractivity contribution in [1.29, 1.82) is 0 Å². The maximum atomic E-state index is 11.8. The van der Waals surface area contributed by atoms with Crippen LogP contribution in [0.1, 0.15) is 24.0 Å². The molecule has 4 nitrogen and oxygen atoms in total. The summed E-state index contributed by atoms with van der Waals surface area (Å²) in [6.45, 7) is 2.21. The van der Waals surface area contributed by atoms with Gasteiger partial charge in [0.1, 0.15) is 0 Å². The van der Waals surface area contributed by atoms with E-state index in [9.17, 15) is 4.79 Å². The maximum absolute atomic E-state index is 11.8. The van der Waals surface area contributed by atoms with Crippen LogP contribution in [0.5, 0.6) is 0 Å². The summed E-state index contributed by atoms with van der Waals surface area (Å²) in [5.74, 6) is 0. The number of fused-ring (bicyclic) bond motifs is 1. The minimum atomic E-state index is -0.0147. The fourth-order valence-electron chi connectivity index (χ4n) is 2.02. The first-order chi connectivity index (χ1) is 8.31. The van der Waals surface area contributed by atoms with Crippen molar-refractivity contribution in [2.75, 3.05) is 13.2 Å². The highest BCUT2D eigenvalue weighted by Gasteiger charge is 2.22. The van der Waals surface area contributed by atoms with Crippen LogP contribution in [-0.2, 0) is 13.1 Å². The quantitative estimate of drug-likeness (QED) is 0.775. The van der Waals surface area contributed by atoms with Crippen LogP contribution in [-0.4, -0.2) is 29.2 Å². The lowest BCUT2D eigenvalue weighted by Crippen LogP contribution is -2.36. The number of carbonyl (C=O) groups excluding carboxylic acids is 1. The van der Waals surface area contributed by atoms with Crippen molar-refractivity contribution in [3.05, 3.63) is 35.4 Å². The lowest BCUT2D eigenvalue weighted by atomic mass is 10.1. The molecule has 0 aromatic heterocycles. The first kappa shape index (κ1) is 11.9. The van der Waals surface area contributed by atoms with E-state index in [4.69, 9.17) is 5.11 Å². The van der Waals surface area contributed by atoms with E-state index in [-0.39, 0.29) is 12.6 Å². The third kappa shape index (κ3) is 2.97. The van der Waals surface area contributed by atoms with E-state index < -0.39 is 0 Å². The molecule has 2 amide bonds. The Morgan fingerprint density at radius 3 is 2.47 bits per heavy atom. The molecule has 1 heterocycles. The van der Waals surface area contributed by atoms with Crippen LogP contribution in [0.4, 0.5) is 4.79 Å². The molecular weight excluding hydrogens is 216 g/mol. The zero-order chi connectivity index (χ0) is 12.1. The van der Waals surface area contributed by atoms with Crippen LogP contribution in [0, 0.1) is 0 Å². The number of unbranched alkanes of at least 4 members (excludes halogenated alkanes) is 1. The van der Waals surface area contributed by atoms with E-state index in [0.29, 0.717) is 19.6 Å². The van der Waals surface area contributed by atoms with Crippen molar-refractivity contribution < 1.29 is 9.90 Å². The highest BCUT2D eigenvalue weighted by molar-refractivity contribution is 5.75. The lowest BCUT2D eigenvalue weighted by Gasteiger charge is -2.16. The van der Waals surface area contributed by atoms with Gasteiger partial charge in [0, 0.05) is 26.2 Å². The van der Waals surface area contributed by atoms with Crippen molar-refractivity contribution in [2.24, 2.45) is 0 Å². The molecule has 1 aliphatic heterocycles. The van der Waals surface area contributed by atoms with Gasteiger partial charge in [-0.1, -0.05) is 24.3 Å². The van der Waals surface area contributed by atoms with E-state index in [1.165, 1.54) is 11.1 Å². The Hall–Kier alpha value is -1.55. The Morgan fingerprint density at radius 1 is 1.24 bits per heavy atom. The van der Waals surface area contributed by atoms with Crippen molar-refractivity contribution >= 4 is 6.03 Å². The smallest absolute Gasteiger partial charge is 0.318 e. The fourth-order valence-corrected chi connectivity index (χ4v) is 2.02. The van der Waals surface area contributed by atoms with Crippen LogP contribution >= 0.6 is 0 Å². The average Bonchev–Trinajstić information content (AvgIpc) is 2.78. The molecule has 2 rings (SSSR count). The number of nitrogens with one attached hydrogen (secondary N) is 1. The van der Waals surface area contributed by atoms with Gasteiger partial charge in [0.15, 0.2) is 0 Å². The minimum Gasteiger partial charge on any atom is -0.396 e. The van der Waals surface area contributed by atoms with E-state index in [2.05, 4.69) is 17.4 Å². The van der Waals surface area contributed by atoms with Gasteiger partial charge in [-0.3, -0.25) is 0 Å². The summed E-state index contributed by atoms with van der Waals surface area (Å²) >= 11 is 0. The molecule has 1 aromatic rings. The second kappa shape index (κ2) is 5.68. The topological polar surface area (TPSA) is 52.6 Å². The number of amides is 2. The number of urea groups is 1. The third-order valence-corrected chi connectivity index (χ3v) is 2.99. The SMILES string of the molecule is O=C(NCCCCO)N1Cc2ccccc2C1. The molecule has 0 bridgehead atoms. The van der Waals surface area contributed by atoms with Gasteiger partial charge >= 0.3 is 6.03 Å². The molecular formula is C13H18N2O2. The van der Waals surface area contributed by atoms with E-state index in [1.807, 2.05) is 17.0 Å². The number of hydrogen-bond acceptors (Lipinski definition) is 2. The van der Waals surface area contributed by atoms with Crippen molar-refractivity contribution in [1.82, 2.24) is 10.2 Å². The molecule has 92 valence electrons. The molecule has 0 spiro atoms. The van der Waals surface area contributed by atoms with E-state index in [0.717, 1.165) is 12.8 Å². The second-order valence-electron chi connectivity index (χ2n) is 4.29. The molecule has 4 heteroatoms. The van der Waals surface area contributed by atoms with Crippen LogP contribution in [0.25, 0.3) is 0 Å². The zero-order valence-corrected chi connectivity index (χ0v) is 9.85. The Bertz CT molecular complexity index is 368. The summed E-state index contributed by atoms with van der Waals surface area (Å²) < 4.78 is 0.